The van der Waals surface area contributed by atoms with Gasteiger partial charge in [0.05, 0.1) is 22.3 Å². The average molecular weight is 831 g/mol. The van der Waals surface area contributed by atoms with Gasteiger partial charge in [0, 0.05) is 27.1 Å². The number of phenolic OH excluding ortho intramolecular Hbond substituents is 1. The molecular formula is C59H61N3O. The van der Waals surface area contributed by atoms with Crippen LogP contribution in [0.4, 0.5) is 0 Å². The molecule has 0 atom stereocenters. The van der Waals surface area contributed by atoms with E-state index in [0.717, 1.165) is 87.0 Å². The van der Waals surface area contributed by atoms with Crippen molar-refractivity contribution in [3.63, 3.8) is 0 Å². The Bertz CT molecular complexity index is 3050. The Labute approximate surface area is 379 Å². The summed E-state index contributed by atoms with van der Waals surface area (Å²) in [7, 11) is 0. The topological polar surface area (TPSA) is 50.9 Å². The van der Waals surface area contributed by atoms with Gasteiger partial charge in [0.1, 0.15) is 11.6 Å². The summed E-state index contributed by atoms with van der Waals surface area (Å²) in [4.78, 5) is 10.4. The Morgan fingerprint density at radius 2 is 1.22 bits per heavy atom. The van der Waals surface area contributed by atoms with Crippen molar-refractivity contribution in [3.05, 3.63) is 180 Å². The summed E-state index contributed by atoms with van der Waals surface area (Å²) in [5.41, 5.74) is 14.4. The molecule has 6 aromatic carbocycles. The average Bonchev–Trinajstić information content (AvgIpc) is 3.69. The standard InChI is InChI=1S/C59H61N3O/c1-39-18-20-40(21-19-39)41-28-33-60-51(37-41)43-34-42(35-47(36-43)57(5,6)7)49-16-13-17-52-54(49)61-55(50-38-46(56(2,3)4)24-27-53(50)63)62(52)48-25-22-45(23-26-48)59(9)31-29-58(8,30-32-59)44-14-11-10-12-15-44/h10-28,33-38,63H,29-32H2,1-9H3/i1D3. The second-order valence-corrected chi connectivity index (χ2v) is 20.5. The van der Waals surface area contributed by atoms with Crippen LogP contribution in [0.2, 0.25) is 0 Å². The largest absolute Gasteiger partial charge is 0.507 e. The maximum Gasteiger partial charge on any atom is 0.149 e. The van der Waals surface area contributed by atoms with Gasteiger partial charge in [0.25, 0.3) is 0 Å². The van der Waals surface area contributed by atoms with Gasteiger partial charge in [-0.2, -0.15) is 0 Å². The summed E-state index contributed by atoms with van der Waals surface area (Å²) < 4.78 is 25.7. The summed E-state index contributed by atoms with van der Waals surface area (Å²) in [6.07, 6.45) is 6.33. The molecule has 4 nitrogen and oxygen atoms in total. The molecule has 0 bridgehead atoms. The van der Waals surface area contributed by atoms with Crippen LogP contribution in [0, 0.1) is 6.85 Å². The molecule has 1 aliphatic rings. The number of hydrogen-bond donors (Lipinski definition) is 1. The lowest BCUT2D eigenvalue weighted by Crippen LogP contribution is -2.36. The van der Waals surface area contributed by atoms with Crippen LogP contribution in [0.1, 0.15) is 113 Å². The van der Waals surface area contributed by atoms with Crippen molar-refractivity contribution >= 4 is 11.0 Å². The van der Waals surface area contributed by atoms with Crippen LogP contribution in [0.15, 0.2) is 152 Å². The maximum atomic E-state index is 11.7. The molecule has 1 aliphatic carbocycles. The molecule has 0 spiro atoms. The third kappa shape index (κ3) is 8.13. The Balaban J connectivity index is 1.16. The highest BCUT2D eigenvalue weighted by molar-refractivity contribution is 5.97. The molecule has 1 fully saturated rings. The number of rotatable bonds is 7. The molecule has 4 heteroatoms. The van der Waals surface area contributed by atoms with Crippen LogP contribution in [-0.2, 0) is 21.7 Å². The monoisotopic (exact) mass is 831 g/mol. The van der Waals surface area contributed by atoms with Crippen LogP contribution in [0.3, 0.4) is 0 Å². The highest BCUT2D eigenvalue weighted by Gasteiger charge is 2.39. The lowest BCUT2D eigenvalue weighted by Gasteiger charge is -2.44. The van der Waals surface area contributed by atoms with E-state index in [0.29, 0.717) is 17.0 Å². The van der Waals surface area contributed by atoms with Crippen molar-refractivity contribution in [3.8, 4) is 56.3 Å². The SMILES string of the molecule is [2H]C([2H])([2H])c1ccc(-c2ccnc(-c3cc(-c4cccc5c4nc(-c4cc(C(C)(C)C)ccc4O)n5-c4ccc(C5(C)CCC(C)(c6ccccc6)CC5)cc4)cc(C(C)(C)C)c3)c2)cc1. The van der Waals surface area contributed by atoms with E-state index >= 15 is 0 Å². The number of benzene rings is 6. The van der Waals surface area contributed by atoms with Gasteiger partial charge in [-0.3, -0.25) is 9.55 Å². The lowest BCUT2D eigenvalue weighted by atomic mass is 9.61. The third-order valence-electron chi connectivity index (χ3n) is 13.9. The summed E-state index contributed by atoms with van der Waals surface area (Å²) in [6, 6.07) is 50.2. The van der Waals surface area contributed by atoms with Crippen LogP contribution in [0.5, 0.6) is 5.75 Å². The number of hydrogen-bond acceptors (Lipinski definition) is 3. The first-order chi connectivity index (χ1) is 31.2. The fourth-order valence-corrected chi connectivity index (χ4v) is 9.53. The molecule has 2 heterocycles. The summed E-state index contributed by atoms with van der Waals surface area (Å²) in [5.74, 6) is 0.868. The molecule has 0 unspecified atom stereocenters. The number of pyridine rings is 1. The first-order valence-electron chi connectivity index (χ1n) is 24.0. The van der Waals surface area contributed by atoms with Gasteiger partial charge in [0.2, 0.25) is 0 Å². The molecule has 0 radical (unpaired) electrons. The normalized spacial score (nSPS) is 19.1. The van der Waals surface area contributed by atoms with Gasteiger partial charge in [-0.15, -0.1) is 0 Å². The lowest BCUT2D eigenvalue weighted by molar-refractivity contribution is 0.223. The van der Waals surface area contributed by atoms with Crippen molar-refractivity contribution in [2.24, 2.45) is 0 Å². The minimum absolute atomic E-state index is 0.0631. The van der Waals surface area contributed by atoms with E-state index in [1.165, 1.54) is 11.1 Å². The molecule has 2 aromatic heterocycles. The summed E-state index contributed by atoms with van der Waals surface area (Å²) >= 11 is 0. The summed E-state index contributed by atoms with van der Waals surface area (Å²) in [5, 5.41) is 11.7. The highest BCUT2D eigenvalue weighted by Crippen LogP contribution is 2.49. The quantitative estimate of drug-likeness (QED) is 0.174. The zero-order chi connectivity index (χ0) is 46.8. The van der Waals surface area contributed by atoms with Gasteiger partial charge in [-0.25, -0.2) is 4.98 Å². The van der Waals surface area contributed by atoms with E-state index in [1.54, 1.807) is 18.2 Å². The Morgan fingerprint density at radius 3 is 1.87 bits per heavy atom. The van der Waals surface area contributed by atoms with Gasteiger partial charge < -0.3 is 5.11 Å². The third-order valence-corrected chi connectivity index (χ3v) is 13.9. The Kier molecular flexibility index (Phi) is 9.65. The van der Waals surface area contributed by atoms with Gasteiger partial charge in [0.15, 0.2) is 0 Å². The molecule has 318 valence electrons. The Hall–Kier alpha value is -6.26. The zero-order valence-corrected chi connectivity index (χ0v) is 38.1. The van der Waals surface area contributed by atoms with Gasteiger partial charge in [-0.05, 0) is 148 Å². The fraction of sp³-hybridized carbons (Fsp3) is 0.288. The van der Waals surface area contributed by atoms with Crippen LogP contribution >= 0.6 is 0 Å². The second kappa shape index (κ2) is 15.8. The first-order valence-corrected chi connectivity index (χ1v) is 22.5. The molecule has 9 rings (SSSR count). The number of aryl methyl sites for hydroxylation is 1. The van der Waals surface area contributed by atoms with Crippen LogP contribution < -0.4 is 0 Å². The van der Waals surface area contributed by atoms with Gasteiger partial charge >= 0.3 is 0 Å². The first kappa shape index (κ1) is 38.4. The zero-order valence-electron chi connectivity index (χ0n) is 41.1. The minimum Gasteiger partial charge on any atom is -0.507 e. The Morgan fingerprint density at radius 1 is 0.571 bits per heavy atom. The van der Waals surface area contributed by atoms with Crippen LogP contribution in [0.25, 0.3) is 61.6 Å². The molecule has 0 amide bonds. The molecular weight excluding hydrogens is 767 g/mol. The molecule has 8 aromatic rings. The van der Waals surface area contributed by atoms with Crippen molar-refractivity contribution in [2.45, 2.75) is 110 Å². The molecule has 0 aliphatic heterocycles. The van der Waals surface area contributed by atoms with E-state index in [-0.39, 0.29) is 27.4 Å². The van der Waals surface area contributed by atoms with E-state index in [1.807, 2.05) is 30.5 Å². The number of aromatic hydroxyl groups is 1. The minimum atomic E-state index is -2.16. The predicted octanol–water partition coefficient (Wildman–Crippen LogP) is 15.5. The number of phenols is 1. The van der Waals surface area contributed by atoms with Crippen molar-refractivity contribution < 1.29 is 9.22 Å². The molecule has 1 N–H and O–H groups in total. The fourth-order valence-electron chi connectivity index (χ4n) is 9.53. The van der Waals surface area contributed by atoms with E-state index in [9.17, 15) is 5.11 Å². The predicted molar refractivity (Wildman–Crippen MR) is 264 cm³/mol. The number of fused-ring (bicyclic) bond motifs is 1. The number of aromatic nitrogens is 3. The van der Waals surface area contributed by atoms with E-state index in [2.05, 4.69) is 163 Å². The van der Waals surface area contributed by atoms with E-state index in [4.69, 9.17) is 14.1 Å². The highest BCUT2D eigenvalue weighted by atomic mass is 16.3. The number of imidazole rings is 1. The van der Waals surface area contributed by atoms with Crippen molar-refractivity contribution in [1.82, 2.24) is 14.5 Å². The van der Waals surface area contributed by atoms with Crippen molar-refractivity contribution in [2.75, 3.05) is 0 Å². The number of nitrogens with zero attached hydrogens (tertiary/aromatic N) is 3. The van der Waals surface area contributed by atoms with Crippen molar-refractivity contribution in [1.29, 1.82) is 0 Å². The molecule has 63 heavy (non-hydrogen) atoms. The molecule has 1 saturated carbocycles. The van der Waals surface area contributed by atoms with Gasteiger partial charge in [-0.1, -0.05) is 152 Å². The van der Waals surface area contributed by atoms with Crippen LogP contribution in [-0.4, -0.2) is 19.6 Å². The molecule has 0 saturated heterocycles. The number of para-hydroxylation sites is 1. The smallest absolute Gasteiger partial charge is 0.149 e. The van der Waals surface area contributed by atoms with E-state index < -0.39 is 6.85 Å². The summed E-state index contributed by atoms with van der Waals surface area (Å²) in [6.45, 7) is 16.0. The second-order valence-electron chi connectivity index (χ2n) is 20.5. The maximum absolute atomic E-state index is 11.7.